The van der Waals surface area contributed by atoms with Crippen molar-refractivity contribution in [2.24, 2.45) is 0 Å². The van der Waals surface area contributed by atoms with Crippen molar-refractivity contribution in [2.45, 2.75) is 13.1 Å². The molecule has 0 amide bonds. The molecule has 7 heteroatoms. The van der Waals surface area contributed by atoms with Gasteiger partial charge < -0.3 is 9.84 Å². The number of phenolic OH excluding ortho intramolecular Hbond substituents is 1. The largest absolute Gasteiger partial charge is 0.507 e. The molecule has 0 saturated carbocycles. The van der Waals surface area contributed by atoms with Crippen molar-refractivity contribution in [1.82, 2.24) is 0 Å². The van der Waals surface area contributed by atoms with Crippen LogP contribution in [-0.2, 0) is 10.9 Å². The number of rotatable bonds is 2. The summed E-state index contributed by atoms with van der Waals surface area (Å²) < 4.78 is 42.2. The predicted octanol–water partition coefficient (Wildman–Crippen LogP) is 2.46. The van der Waals surface area contributed by atoms with Crippen molar-refractivity contribution >= 4 is 5.97 Å². The lowest BCUT2D eigenvalue weighted by atomic mass is 10.0. The number of carbonyl (C=O) groups is 1. The molecule has 1 N–H and O–H groups in total. The summed E-state index contributed by atoms with van der Waals surface area (Å²) in [5.41, 5.74) is -2.59. The first-order chi connectivity index (χ1) is 8.31. The summed E-state index contributed by atoms with van der Waals surface area (Å²) in [5, 5.41) is 17.9. The third-order valence-electron chi connectivity index (χ3n) is 2.03. The summed E-state index contributed by atoms with van der Waals surface area (Å²) in [4.78, 5) is 11.3. The minimum atomic E-state index is -4.87. The summed E-state index contributed by atoms with van der Waals surface area (Å²) in [5.74, 6) is -2.08. The van der Waals surface area contributed by atoms with Crippen molar-refractivity contribution in [3.63, 3.8) is 0 Å². The highest BCUT2D eigenvalue weighted by atomic mass is 19.4. The first-order valence-corrected chi connectivity index (χ1v) is 4.82. The topological polar surface area (TPSA) is 70.3 Å². The molecule has 1 rings (SSSR count). The van der Waals surface area contributed by atoms with E-state index in [0.29, 0.717) is 6.07 Å². The van der Waals surface area contributed by atoms with E-state index in [1.54, 1.807) is 0 Å². The van der Waals surface area contributed by atoms with E-state index in [4.69, 9.17) is 5.26 Å². The maximum absolute atomic E-state index is 12.5. The van der Waals surface area contributed by atoms with E-state index < -0.39 is 29.0 Å². The molecule has 0 fully saturated rings. The number of hydrogen-bond acceptors (Lipinski definition) is 4. The van der Waals surface area contributed by atoms with Gasteiger partial charge in [-0.3, -0.25) is 0 Å². The van der Waals surface area contributed by atoms with E-state index in [0.717, 1.165) is 6.07 Å². The monoisotopic (exact) mass is 259 g/mol. The molecular formula is C11H8F3NO3. The number of carbonyl (C=O) groups excluding carboxylic acids is 1. The number of alkyl halides is 3. The van der Waals surface area contributed by atoms with E-state index in [-0.39, 0.29) is 12.2 Å². The Morgan fingerprint density at radius 3 is 2.56 bits per heavy atom. The summed E-state index contributed by atoms with van der Waals surface area (Å²) in [6.07, 6.45) is -4.87. The average Bonchev–Trinajstić information content (AvgIpc) is 2.26. The summed E-state index contributed by atoms with van der Waals surface area (Å²) >= 11 is 0. The highest BCUT2D eigenvalue weighted by Crippen LogP contribution is 2.38. The molecule has 96 valence electrons. The SMILES string of the molecule is CCOC(=O)c1cc(O)c(C(F)(F)F)c(C#N)c1. The van der Waals surface area contributed by atoms with Gasteiger partial charge in [-0.2, -0.15) is 18.4 Å². The average molecular weight is 259 g/mol. The van der Waals surface area contributed by atoms with Gasteiger partial charge in [0.1, 0.15) is 11.3 Å². The molecule has 4 nitrogen and oxygen atoms in total. The van der Waals surface area contributed by atoms with Crippen LogP contribution in [0, 0.1) is 11.3 Å². The normalized spacial score (nSPS) is 10.8. The second kappa shape index (κ2) is 4.96. The number of nitrogens with zero attached hydrogens (tertiary/aromatic N) is 1. The van der Waals surface area contributed by atoms with Gasteiger partial charge in [-0.1, -0.05) is 0 Å². The van der Waals surface area contributed by atoms with Crippen LogP contribution in [0.3, 0.4) is 0 Å². The number of phenols is 1. The number of benzene rings is 1. The van der Waals surface area contributed by atoms with Gasteiger partial charge >= 0.3 is 12.1 Å². The van der Waals surface area contributed by atoms with Crippen LogP contribution < -0.4 is 0 Å². The number of nitriles is 1. The quantitative estimate of drug-likeness (QED) is 0.828. The number of hydrogen-bond donors (Lipinski definition) is 1. The van der Waals surface area contributed by atoms with Crippen LogP contribution in [0.4, 0.5) is 13.2 Å². The van der Waals surface area contributed by atoms with Crippen LogP contribution in [0.5, 0.6) is 5.75 Å². The Kier molecular flexibility index (Phi) is 3.81. The molecule has 0 unspecified atom stereocenters. The van der Waals surface area contributed by atoms with Gasteiger partial charge in [0.2, 0.25) is 0 Å². The van der Waals surface area contributed by atoms with Gasteiger partial charge in [-0.05, 0) is 19.1 Å². The maximum Gasteiger partial charge on any atom is 0.421 e. The standard InChI is InChI=1S/C11H8F3NO3/c1-2-18-10(17)6-3-7(5-15)9(8(16)4-6)11(12,13)14/h3-4,16H,2H2,1H3. The molecular weight excluding hydrogens is 251 g/mol. The highest BCUT2D eigenvalue weighted by Gasteiger charge is 2.37. The number of ether oxygens (including phenoxy) is 1. The Labute approximate surface area is 100 Å². The molecule has 0 bridgehead atoms. The third kappa shape index (κ3) is 2.71. The van der Waals surface area contributed by atoms with Gasteiger partial charge in [0.05, 0.1) is 23.8 Å². The second-order valence-electron chi connectivity index (χ2n) is 3.25. The molecule has 18 heavy (non-hydrogen) atoms. The number of halogens is 3. The first kappa shape index (κ1) is 13.8. The molecule has 0 aromatic heterocycles. The Hall–Kier alpha value is -2.23. The van der Waals surface area contributed by atoms with Crippen LogP contribution in [0.15, 0.2) is 12.1 Å². The fraction of sp³-hybridized carbons (Fsp3) is 0.273. The predicted molar refractivity (Wildman–Crippen MR) is 53.8 cm³/mol. The molecule has 0 atom stereocenters. The smallest absolute Gasteiger partial charge is 0.421 e. The van der Waals surface area contributed by atoms with Gasteiger partial charge in [-0.25, -0.2) is 4.79 Å². The minimum absolute atomic E-state index is 0.0303. The van der Waals surface area contributed by atoms with Crippen LogP contribution in [0.1, 0.15) is 28.4 Å². The zero-order valence-electron chi connectivity index (χ0n) is 9.21. The molecule has 0 aliphatic carbocycles. The van der Waals surface area contributed by atoms with Crippen LogP contribution in [0.25, 0.3) is 0 Å². The van der Waals surface area contributed by atoms with Gasteiger partial charge in [0, 0.05) is 0 Å². The van der Waals surface area contributed by atoms with Gasteiger partial charge in [-0.15, -0.1) is 0 Å². The van der Waals surface area contributed by atoms with E-state index in [2.05, 4.69) is 4.74 Å². The molecule has 1 aromatic rings. The number of aromatic hydroxyl groups is 1. The van der Waals surface area contributed by atoms with Crippen LogP contribution >= 0.6 is 0 Å². The Balaban J connectivity index is 3.38. The lowest BCUT2D eigenvalue weighted by Crippen LogP contribution is -2.11. The summed E-state index contributed by atoms with van der Waals surface area (Å²) in [6.45, 7) is 1.55. The Morgan fingerprint density at radius 2 is 2.11 bits per heavy atom. The highest BCUT2D eigenvalue weighted by molar-refractivity contribution is 5.90. The summed E-state index contributed by atoms with van der Waals surface area (Å²) in [6, 6.07) is 2.66. The molecule has 0 saturated heterocycles. The van der Waals surface area contributed by atoms with E-state index in [9.17, 15) is 23.1 Å². The Morgan fingerprint density at radius 1 is 1.50 bits per heavy atom. The molecule has 0 radical (unpaired) electrons. The van der Waals surface area contributed by atoms with Crippen molar-refractivity contribution < 1.29 is 27.8 Å². The second-order valence-corrected chi connectivity index (χ2v) is 3.25. The molecule has 0 aliphatic rings. The molecule has 0 spiro atoms. The van der Waals surface area contributed by atoms with E-state index in [1.807, 2.05) is 0 Å². The zero-order valence-corrected chi connectivity index (χ0v) is 9.21. The lowest BCUT2D eigenvalue weighted by molar-refractivity contribution is -0.139. The fourth-order valence-corrected chi connectivity index (χ4v) is 1.35. The fourth-order valence-electron chi connectivity index (χ4n) is 1.35. The maximum atomic E-state index is 12.5. The third-order valence-corrected chi connectivity index (χ3v) is 2.03. The van der Waals surface area contributed by atoms with Crippen molar-refractivity contribution in [2.75, 3.05) is 6.61 Å². The first-order valence-electron chi connectivity index (χ1n) is 4.82. The molecule has 0 heterocycles. The lowest BCUT2D eigenvalue weighted by Gasteiger charge is -2.12. The number of esters is 1. The van der Waals surface area contributed by atoms with Gasteiger partial charge in [0.15, 0.2) is 0 Å². The Bertz CT molecular complexity index is 517. The van der Waals surface area contributed by atoms with Gasteiger partial charge in [0.25, 0.3) is 0 Å². The van der Waals surface area contributed by atoms with E-state index >= 15 is 0 Å². The van der Waals surface area contributed by atoms with Crippen LogP contribution in [-0.4, -0.2) is 17.7 Å². The van der Waals surface area contributed by atoms with Crippen LogP contribution in [0.2, 0.25) is 0 Å². The zero-order chi connectivity index (χ0) is 13.9. The van der Waals surface area contributed by atoms with Crippen molar-refractivity contribution in [3.05, 3.63) is 28.8 Å². The van der Waals surface area contributed by atoms with Crippen molar-refractivity contribution in [1.29, 1.82) is 5.26 Å². The van der Waals surface area contributed by atoms with Crippen molar-refractivity contribution in [3.8, 4) is 11.8 Å². The molecule has 1 aromatic carbocycles. The van der Waals surface area contributed by atoms with E-state index in [1.165, 1.54) is 13.0 Å². The summed E-state index contributed by atoms with van der Waals surface area (Å²) in [7, 11) is 0. The minimum Gasteiger partial charge on any atom is -0.507 e. The molecule has 0 aliphatic heterocycles.